The highest BCUT2D eigenvalue weighted by Crippen LogP contribution is 2.14. The van der Waals surface area contributed by atoms with Gasteiger partial charge in [0.15, 0.2) is 5.69 Å². The topological polar surface area (TPSA) is 61.6 Å². The van der Waals surface area contributed by atoms with Crippen LogP contribution in [0.5, 0.6) is 0 Å². The fourth-order valence-corrected chi connectivity index (χ4v) is 0.896. The van der Waals surface area contributed by atoms with Crippen molar-refractivity contribution in [1.82, 2.24) is 9.59 Å². The third-order valence-electron chi connectivity index (χ3n) is 0.821. The Balaban J connectivity index is 3.02. The van der Waals surface area contributed by atoms with E-state index < -0.39 is 0 Å². The molecule has 0 aliphatic carbocycles. The van der Waals surface area contributed by atoms with Crippen LogP contribution in [-0.2, 0) is 0 Å². The van der Waals surface area contributed by atoms with Gasteiger partial charge >= 0.3 is 0 Å². The molecular formula is C4H4N4S. The number of nitrogens with zero attached hydrogens (tertiary/aromatic N) is 3. The Kier molecular flexibility index (Phi) is 1.60. The molecule has 5 heteroatoms. The van der Waals surface area contributed by atoms with Gasteiger partial charge in [0.2, 0.25) is 0 Å². The maximum absolute atomic E-state index is 8.35. The van der Waals surface area contributed by atoms with Crippen LogP contribution in [0, 0.1) is 11.3 Å². The molecule has 0 unspecified atom stereocenters. The summed E-state index contributed by atoms with van der Waals surface area (Å²) in [7, 11) is 1.73. The van der Waals surface area contributed by atoms with Crippen LogP contribution in [0.25, 0.3) is 0 Å². The normalized spacial score (nSPS) is 8.44. The van der Waals surface area contributed by atoms with E-state index in [1.807, 2.05) is 6.07 Å². The van der Waals surface area contributed by atoms with Gasteiger partial charge in [0.05, 0.1) is 0 Å². The molecule has 1 rings (SSSR count). The van der Waals surface area contributed by atoms with Crippen LogP contribution in [0.1, 0.15) is 5.69 Å². The summed E-state index contributed by atoms with van der Waals surface area (Å²) < 4.78 is 3.57. The third-order valence-corrected chi connectivity index (χ3v) is 1.56. The molecule has 0 aromatic carbocycles. The fourth-order valence-electron chi connectivity index (χ4n) is 0.428. The zero-order chi connectivity index (χ0) is 6.69. The van der Waals surface area contributed by atoms with Crippen LogP contribution >= 0.6 is 11.5 Å². The average Bonchev–Trinajstić information content (AvgIpc) is 2.33. The fraction of sp³-hybridized carbons (Fsp3) is 0.250. The highest BCUT2D eigenvalue weighted by molar-refractivity contribution is 7.10. The lowest BCUT2D eigenvalue weighted by Gasteiger charge is -1.86. The second kappa shape index (κ2) is 2.42. The van der Waals surface area contributed by atoms with Gasteiger partial charge in [-0.1, -0.05) is 4.49 Å². The van der Waals surface area contributed by atoms with E-state index in [0.29, 0.717) is 5.69 Å². The van der Waals surface area contributed by atoms with Crippen molar-refractivity contribution < 1.29 is 0 Å². The Bertz CT molecular complexity index is 235. The van der Waals surface area contributed by atoms with Crippen molar-refractivity contribution in [3.63, 3.8) is 0 Å². The van der Waals surface area contributed by atoms with Gasteiger partial charge in [0.25, 0.3) is 0 Å². The summed E-state index contributed by atoms with van der Waals surface area (Å²) in [6.45, 7) is 0. The van der Waals surface area contributed by atoms with Gasteiger partial charge in [-0.3, -0.25) is 0 Å². The van der Waals surface area contributed by atoms with Crippen LogP contribution in [0.2, 0.25) is 0 Å². The van der Waals surface area contributed by atoms with Crippen LogP contribution in [-0.4, -0.2) is 16.6 Å². The predicted molar refractivity (Wildman–Crippen MR) is 34.2 cm³/mol. The van der Waals surface area contributed by atoms with Crippen LogP contribution in [0.3, 0.4) is 0 Å². The highest BCUT2D eigenvalue weighted by Gasteiger charge is 2.01. The van der Waals surface area contributed by atoms with E-state index in [0.717, 1.165) is 5.00 Å². The van der Waals surface area contributed by atoms with Gasteiger partial charge in [-0.15, -0.1) is 5.10 Å². The van der Waals surface area contributed by atoms with Crippen molar-refractivity contribution in [2.45, 2.75) is 0 Å². The first kappa shape index (κ1) is 5.98. The summed E-state index contributed by atoms with van der Waals surface area (Å²) in [6.07, 6.45) is 0. The van der Waals surface area contributed by atoms with Crippen molar-refractivity contribution in [3.8, 4) is 6.07 Å². The number of anilines is 1. The minimum Gasteiger partial charge on any atom is -0.376 e. The van der Waals surface area contributed by atoms with Gasteiger partial charge < -0.3 is 5.32 Å². The smallest absolute Gasteiger partial charge is 0.199 e. The van der Waals surface area contributed by atoms with Crippen LogP contribution in [0.4, 0.5) is 5.00 Å². The summed E-state index contributed by atoms with van der Waals surface area (Å²) >= 11 is 1.18. The van der Waals surface area contributed by atoms with Gasteiger partial charge in [-0.25, -0.2) is 0 Å². The molecule has 4 nitrogen and oxygen atoms in total. The first-order valence-corrected chi connectivity index (χ1v) is 3.06. The van der Waals surface area contributed by atoms with Crippen LogP contribution in [0.15, 0.2) is 0 Å². The van der Waals surface area contributed by atoms with Gasteiger partial charge in [0.1, 0.15) is 11.1 Å². The van der Waals surface area contributed by atoms with E-state index in [9.17, 15) is 0 Å². The molecule has 1 heterocycles. The summed E-state index contributed by atoms with van der Waals surface area (Å²) in [6, 6.07) is 1.90. The number of hydrogen-bond donors (Lipinski definition) is 1. The summed E-state index contributed by atoms with van der Waals surface area (Å²) in [5, 5.41) is 15.4. The Morgan fingerprint density at radius 2 is 2.56 bits per heavy atom. The molecule has 0 saturated carbocycles. The number of nitriles is 1. The monoisotopic (exact) mass is 140 g/mol. The lowest BCUT2D eigenvalue weighted by molar-refractivity contribution is 1.13. The first-order valence-electron chi connectivity index (χ1n) is 2.28. The van der Waals surface area contributed by atoms with Crippen molar-refractivity contribution >= 4 is 16.5 Å². The van der Waals surface area contributed by atoms with Crippen LogP contribution < -0.4 is 5.32 Å². The minimum absolute atomic E-state index is 0.363. The molecule has 1 aromatic rings. The molecule has 1 N–H and O–H groups in total. The standard InChI is InChI=1S/C4H4N4S/c1-6-4-3(2-5)7-8-9-4/h6H,1H3. The number of hydrogen-bond acceptors (Lipinski definition) is 5. The summed E-state index contributed by atoms with van der Waals surface area (Å²) in [4.78, 5) is 0. The molecule has 0 amide bonds. The lowest BCUT2D eigenvalue weighted by Crippen LogP contribution is -1.86. The number of nitrogens with one attached hydrogen (secondary N) is 1. The zero-order valence-electron chi connectivity index (χ0n) is 4.75. The van der Waals surface area contributed by atoms with Crippen molar-refractivity contribution in [3.05, 3.63) is 5.69 Å². The molecule has 0 bridgehead atoms. The molecule has 0 aliphatic rings. The second-order valence-electron chi connectivity index (χ2n) is 1.31. The van der Waals surface area contributed by atoms with Crippen molar-refractivity contribution in [2.75, 3.05) is 12.4 Å². The lowest BCUT2D eigenvalue weighted by atomic mass is 10.5. The quantitative estimate of drug-likeness (QED) is 0.615. The Morgan fingerprint density at radius 3 is 3.00 bits per heavy atom. The average molecular weight is 140 g/mol. The zero-order valence-corrected chi connectivity index (χ0v) is 5.57. The van der Waals surface area contributed by atoms with E-state index in [1.165, 1.54) is 11.5 Å². The van der Waals surface area contributed by atoms with Gasteiger partial charge in [-0.05, 0) is 0 Å². The highest BCUT2D eigenvalue weighted by atomic mass is 32.1. The largest absolute Gasteiger partial charge is 0.376 e. The van der Waals surface area contributed by atoms with E-state index in [2.05, 4.69) is 14.9 Å². The van der Waals surface area contributed by atoms with E-state index in [-0.39, 0.29) is 0 Å². The Hall–Kier alpha value is -1.15. The maximum atomic E-state index is 8.35. The molecule has 0 saturated heterocycles. The Labute approximate surface area is 56.3 Å². The molecule has 1 aromatic heterocycles. The van der Waals surface area contributed by atoms with Crippen molar-refractivity contribution in [2.24, 2.45) is 0 Å². The molecule has 0 aliphatic heterocycles. The molecule has 9 heavy (non-hydrogen) atoms. The minimum atomic E-state index is 0.363. The summed E-state index contributed by atoms with van der Waals surface area (Å²) in [5.74, 6) is 0. The Morgan fingerprint density at radius 1 is 1.78 bits per heavy atom. The first-order chi connectivity index (χ1) is 4.38. The molecular weight excluding hydrogens is 136 g/mol. The van der Waals surface area contributed by atoms with Gasteiger partial charge in [0, 0.05) is 18.6 Å². The molecule has 0 atom stereocenters. The van der Waals surface area contributed by atoms with Gasteiger partial charge in [-0.2, -0.15) is 5.26 Å². The maximum Gasteiger partial charge on any atom is 0.199 e. The van der Waals surface area contributed by atoms with E-state index in [1.54, 1.807) is 7.05 Å². The molecule has 0 fully saturated rings. The molecule has 46 valence electrons. The predicted octanol–water partition coefficient (Wildman–Crippen LogP) is 0.451. The summed E-state index contributed by atoms with van der Waals surface area (Å²) in [5.41, 5.74) is 0.363. The molecule has 0 spiro atoms. The number of aromatic nitrogens is 2. The number of rotatable bonds is 1. The van der Waals surface area contributed by atoms with E-state index >= 15 is 0 Å². The van der Waals surface area contributed by atoms with Crippen molar-refractivity contribution in [1.29, 1.82) is 5.26 Å². The molecule has 0 radical (unpaired) electrons. The third kappa shape index (κ3) is 0.976. The second-order valence-corrected chi connectivity index (χ2v) is 2.07. The SMILES string of the molecule is CNc1snnc1C#N. The van der Waals surface area contributed by atoms with E-state index in [4.69, 9.17) is 5.26 Å².